The number of hydrogen-bond acceptors (Lipinski definition) is 11. The fourth-order valence-electron chi connectivity index (χ4n) is 13.2. The van der Waals surface area contributed by atoms with Gasteiger partial charge in [-0.2, -0.15) is 40.5 Å². The van der Waals surface area contributed by atoms with Crippen molar-refractivity contribution in [2.75, 3.05) is 14.2 Å². The average Bonchev–Trinajstić information content (AvgIpc) is 1.65. The third kappa shape index (κ3) is 18.1. The highest BCUT2D eigenvalue weighted by molar-refractivity contribution is 7.59. The van der Waals surface area contributed by atoms with Gasteiger partial charge in [-0.1, -0.05) is 84.0 Å². The second-order valence-corrected chi connectivity index (χ2v) is 30.2. The minimum Gasteiger partial charge on any atom is -0.479 e. The largest absolute Gasteiger partial charge is 0.479 e. The van der Waals surface area contributed by atoms with Crippen molar-refractivity contribution in [1.82, 2.24) is 29.1 Å². The zero-order chi connectivity index (χ0) is 70.4. The number of nitrogens with one attached hydrogen (secondary N) is 1. The molecule has 0 radical (unpaired) electrons. The molecule has 6 heterocycles. The van der Waals surface area contributed by atoms with E-state index in [9.17, 15) is 19.5 Å². The Hall–Kier alpha value is -6.06. The summed E-state index contributed by atoms with van der Waals surface area (Å²) in [6.07, 6.45) is 4.69. The number of nitrogens with zero attached hydrogens (tertiary/aromatic N) is 5. The lowest BCUT2D eigenvalue weighted by Crippen LogP contribution is -2.29. The van der Waals surface area contributed by atoms with Crippen LogP contribution in [0.4, 0.5) is 0 Å². The maximum atomic E-state index is 13.1. The number of aromatic amines is 1. The molecule has 536 valence electrons. The number of carboxylic acids is 1. The minimum atomic E-state index is -1.14. The summed E-state index contributed by atoms with van der Waals surface area (Å²) in [6.45, 7) is 37.5. The maximum Gasteiger partial charge on any atom is 0.339 e. The van der Waals surface area contributed by atoms with E-state index in [1.54, 1.807) is 0 Å². The topological polar surface area (TPSA) is 182 Å². The number of carbonyl (C=O) groups excluding carboxylic acids is 2. The SMILES string of the molecule is COC(=O)[C@@H](OC(C)(C)C)c1c(C)nc2[nH]c(C)c(C)c2c1-c1ccc(Cl)cc1.COC(=O)[C@@H](OC(C)(C)C)c1c(C)nc2c(c(C)c(C)n2CC2CCC2)c1-c1ccc(Cl)cc1.Cc1nc2c(c(C)c(C)n2CC2CCC2)c(-c2ccc(Cl)cc2)c1[C@H](OC(C)(C)C)C(=O)O.S.S.S. The molecule has 0 amide bonds. The van der Waals surface area contributed by atoms with E-state index in [1.807, 2.05) is 170 Å². The molecule has 2 saturated carbocycles. The van der Waals surface area contributed by atoms with Crippen LogP contribution in [-0.4, -0.2) is 83.1 Å². The molecule has 0 unspecified atom stereocenters. The number of carbonyl (C=O) groups is 3. The van der Waals surface area contributed by atoms with Gasteiger partial charge < -0.3 is 42.9 Å². The number of fused-ring (bicyclic) bond motifs is 3. The first-order valence-electron chi connectivity index (χ1n) is 33.2. The fourth-order valence-corrected chi connectivity index (χ4v) is 13.6. The quantitative estimate of drug-likeness (QED) is 0.0875. The molecule has 3 aromatic carbocycles. The number of aryl methyl sites for hydroxylation is 7. The number of rotatable bonds is 16. The van der Waals surface area contributed by atoms with Gasteiger partial charge in [0.15, 0.2) is 18.3 Å². The van der Waals surface area contributed by atoms with E-state index in [1.165, 1.54) is 69.7 Å². The Morgan fingerprint density at radius 2 is 0.788 bits per heavy atom. The number of halogens is 3. The second-order valence-electron chi connectivity index (χ2n) is 28.9. The van der Waals surface area contributed by atoms with Gasteiger partial charge >= 0.3 is 17.9 Å². The number of H-pyrrole nitrogens is 1. The summed E-state index contributed by atoms with van der Waals surface area (Å²) in [5, 5.41) is 15.2. The van der Waals surface area contributed by atoms with Crippen LogP contribution in [0, 0.1) is 74.1 Å². The van der Waals surface area contributed by atoms with Crippen molar-refractivity contribution in [2.24, 2.45) is 11.8 Å². The van der Waals surface area contributed by atoms with Crippen molar-refractivity contribution in [3.8, 4) is 33.4 Å². The van der Waals surface area contributed by atoms with Crippen molar-refractivity contribution in [3.63, 3.8) is 0 Å². The van der Waals surface area contributed by atoms with Crippen LogP contribution in [0.2, 0.25) is 15.1 Å². The monoisotopic (exact) mass is 1470 g/mol. The summed E-state index contributed by atoms with van der Waals surface area (Å²) >= 11 is 18.6. The molecule has 0 saturated heterocycles. The van der Waals surface area contributed by atoms with Crippen LogP contribution in [0.15, 0.2) is 72.8 Å². The molecule has 6 aromatic heterocycles. The molecular formula is C78H101Cl3N6O9S3. The van der Waals surface area contributed by atoms with Crippen LogP contribution in [0.5, 0.6) is 0 Å². The van der Waals surface area contributed by atoms with Gasteiger partial charge in [0.05, 0.1) is 31.0 Å². The minimum absolute atomic E-state index is 0. The molecule has 2 aliphatic rings. The number of carboxylic acid groups (broad SMARTS) is 1. The van der Waals surface area contributed by atoms with Gasteiger partial charge in [-0.25, -0.2) is 29.3 Å². The molecule has 2 aliphatic carbocycles. The molecule has 9 aromatic rings. The summed E-state index contributed by atoms with van der Waals surface area (Å²) in [5.74, 6) is -0.536. The number of pyridine rings is 3. The Balaban J connectivity index is 0.000000231. The molecule has 15 nitrogen and oxygen atoms in total. The predicted octanol–water partition coefficient (Wildman–Crippen LogP) is 20.3. The first-order chi connectivity index (χ1) is 45.0. The van der Waals surface area contributed by atoms with E-state index < -0.39 is 53.0 Å². The lowest BCUT2D eigenvalue weighted by Gasteiger charge is -2.29. The van der Waals surface area contributed by atoms with Crippen LogP contribution in [-0.2, 0) is 51.2 Å². The smallest absolute Gasteiger partial charge is 0.339 e. The molecule has 2 N–H and O–H groups in total. The Morgan fingerprint density at radius 1 is 0.485 bits per heavy atom. The summed E-state index contributed by atoms with van der Waals surface area (Å²) in [4.78, 5) is 56.5. The Labute approximate surface area is 620 Å². The third-order valence-corrected chi connectivity index (χ3v) is 19.4. The van der Waals surface area contributed by atoms with Crippen molar-refractivity contribution < 1.29 is 43.2 Å². The van der Waals surface area contributed by atoms with Crippen LogP contribution >= 0.6 is 75.3 Å². The van der Waals surface area contributed by atoms with Gasteiger partial charge in [0.25, 0.3) is 0 Å². The lowest BCUT2D eigenvalue weighted by atomic mass is 9.85. The molecule has 3 atom stereocenters. The molecule has 0 bridgehead atoms. The predicted molar refractivity (Wildman–Crippen MR) is 418 cm³/mol. The van der Waals surface area contributed by atoms with E-state index in [-0.39, 0.29) is 40.5 Å². The zero-order valence-corrected chi connectivity index (χ0v) is 66.3. The normalized spacial score (nSPS) is 14.3. The Bertz CT molecular complexity index is 4390. The van der Waals surface area contributed by atoms with Crippen molar-refractivity contribution in [3.05, 3.63) is 155 Å². The molecule has 21 heteroatoms. The van der Waals surface area contributed by atoms with Gasteiger partial charge in [-0.15, -0.1) is 0 Å². The summed E-state index contributed by atoms with van der Waals surface area (Å²) in [5.41, 5.74) is 17.5. The highest BCUT2D eigenvalue weighted by Gasteiger charge is 2.38. The van der Waals surface area contributed by atoms with E-state index in [2.05, 4.69) is 41.8 Å². The van der Waals surface area contributed by atoms with E-state index >= 15 is 0 Å². The second kappa shape index (κ2) is 32.9. The van der Waals surface area contributed by atoms with Gasteiger partial charge in [0, 0.05) is 112 Å². The number of methoxy groups -OCH3 is 2. The summed E-state index contributed by atoms with van der Waals surface area (Å²) in [6, 6.07) is 23.0. The molecule has 0 spiro atoms. The highest BCUT2D eigenvalue weighted by atomic mass is 35.5. The Morgan fingerprint density at radius 3 is 1.08 bits per heavy atom. The first-order valence-corrected chi connectivity index (χ1v) is 34.3. The van der Waals surface area contributed by atoms with Crippen molar-refractivity contribution in [2.45, 2.75) is 211 Å². The third-order valence-electron chi connectivity index (χ3n) is 18.6. The molecule has 11 rings (SSSR count). The van der Waals surface area contributed by atoms with Crippen molar-refractivity contribution in [1.29, 1.82) is 0 Å². The molecular weight excluding hydrogens is 1370 g/mol. The van der Waals surface area contributed by atoms with Crippen molar-refractivity contribution >= 4 is 126 Å². The average molecular weight is 1470 g/mol. The number of esters is 2. The number of aromatic nitrogens is 6. The van der Waals surface area contributed by atoms with Gasteiger partial charge in [-0.3, -0.25) is 0 Å². The van der Waals surface area contributed by atoms with Crippen LogP contribution in [0.25, 0.3) is 66.5 Å². The first kappa shape index (κ1) is 81.9. The van der Waals surface area contributed by atoms with Gasteiger partial charge in [0.1, 0.15) is 16.9 Å². The number of ether oxygens (including phenoxy) is 5. The fraction of sp³-hybridized carbons (Fsp3) is 0.462. The number of benzene rings is 3. The summed E-state index contributed by atoms with van der Waals surface area (Å²) < 4.78 is 33.6. The Kier molecular flexibility index (Phi) is 27.2. The van der Waals surface area contributed by atoms with E-state index in [0.717, 1.165) is 108 Å². The van der Waals surface area contributed by atoms with E-state index in [4.69, 9.17) is 73.4 Å². The van der Waals surface area contributed by atoms with Gasteiger partial charge in [0.2, 0.25) is 0 Å². The maximum absolute atomic E-state index is 13.1. The molecule has 0 aliphatic heterocycles. The number of hydrogen-bond donors (Lipinski definition) is 2. The highest BCUT2D eigenvalue weighted by Crippen LogP contribution is 2.47. The molecule has 2 fully saturated rings. The standard InChI is InChI=1S/C28H35ClN2O3.C27H33ClN2O3.C23H27ClN2O3.3H2S/c1-16-18(3)31(15-19-9-8-10-19)26-22(16)24(20-11-13-21(29)14-12-20)23(17(2)30-26)25(27(32)33-7)34-28(4,5)6;1-15-17(3)30(14-18-8-7-9-18)25-21(15)23(19-10-12-20(28)13-11-19)22(16(2)29-25)24(26(31)32)33-27(4,5)6;1-12-13(2)25-21-17(12)19(15-8-10-16(24)11-9-15)18(14(3)26-21)20(22(27)28-7)29-23(4,5)6;;;/h11-14,19,25H,8-10,15H2,1-7H3;10-13,18,24H,7-9,14H2,1-6H3,(H,31,32);8-11,20H,1-7H3,(H,25,26);3*1H2/t25-;24-;20-;;;/m000.../s1. The van der Waals surface area contributed by atoms with Crippen LogP contribution in [0.3, 0.4) is 0 Å². The van der Waals surface area contributed by atoms with Gasteiger partial charge in [-0.05, 0) is 232 Å². The number of aliphatic carboxylic acids is 1. The lowest BCUT2D eigenvalue weighted by molar-refractivity contribution is -0.164. The van der Waals surface area contributed by atoms with Crippen LogP contribution in [0.1, 0.15) is 187 Å². The zero-order valence-electron chi connectivity index (χ0n) is 61.1. The van der Waals surface area contributed by atoms with Crippen LogP contribution < -0.4 is 0 Å². The van der Waals surface area contributed by atoms with E-state index in [0.29, 0.717) is 49.4 Å². The molecule has 99 heavy (non-hydrogen) atoms. The summed E-state index contributed by atoms with van der Waals surface area (Å²) in [7, 11) is 2.77.